The topological polar surface area (TPSA) is 32.6 Å². The standard InChI is InChI=1S/C52H38N4/c1-55-51(38-16-6-3-7-17-38)53-50(37-14-4-2-5-15-37)54-52(55)41-19-12-18-39(31-41)40-26-25-36-28-30-48-49(46(36)32-40)44-21-10-11-22-47(44)56(48)42-29-27-35-24-23-34-13-8-9-20-43(34)45(35)33-42/h2-33,51-52H,1H3,(H,53,54). The zero-order valence-corrected chi connectivity index (χ0v) is 31.0. The lowest BCUT2D eigenvalue weighted by molar-refractivity contribution is 0.152. The fourth-order valence-corrected chi connectivity index (χ4v) is 8.89. The van der Waals surface area contributed by atoms with E-state index in [1.165, 1.54) is 76.5 Å². The van der Waals surface area contributed by atoms with E-state index in [1.54, 1.807) is 0 Å². The van der Waals surface area contributed by atoms with Crippen LogP contribution in [0.2, 0.25) is 0 Å². The number of aliphatic imine (C=N–C) groups is 1. The quantitative estimate of drug-likeness (QED) is 0.180. The van der Waals surface area contributed by atoms with E-state index in [1.807, 2.05) is 0 Å². The largest absolute Gasteiger partial charge is 0.350 e. The van der Waals surface area contributed by atoms with Crippen molar-refractivity contribution in [2.45, 2.75) is 12.3 Å². The molecule has 0 radical (unpaired) electrons. The summed E-state index contributed by atoms with van der Waals surface area (Å²) in [4.78, 5) is 7.66. The summed E-state index contributed by atoms with van der Waals surface area (Å²) in [5, 5.41) is 13.8. The van der Waals surface area contributed by atoms with Gasteiger partial charge in [-0.05, 0) is 98.0 Å². The van der Waals surface area contributed by atoms with E-state index in [0.29, 0.717) is 0 Å². The number of rotatable bonds is 5. The van der Waals surface area contributed by atoms with E-state index < -0.39 is 0 Å². The Bertz CT molecular complexity index is 3140. The van der Waals surface area contributed by atoms with Crippen LogP contribution in [0.25, 0.3) is 70.9 Å². The maximum Gasteiger partial charge on any atom is 0.132 e. The molecule has 0 aliphatic carbocycles. The second kappa shape index (κ2) is 13.1. The van der Waals surface area contributed by atoms with Crippen molar-refractivity contribution in [2.24, 2.45) is 4.99 Å². The van der Waals surface area contributed by atoms with Gasteiger partial charge in [0.15, 0.2) is 0 Å². The van der Waals surface area contributed by atoms with Gasteiger partial charge in [-0.1, -0.05) is 158 Å². The molecule has 1 aliphatic rings. The molecule has 0 saturated heterocycles. The monoisotopic (exact) mass is 718 g/mol. The number of amidine groups is 1. The van der Waals surface area contributed by atoms with Gasteiger partial charge < -0.3 is 9.88 Å². The highest BCUT2D eigenvalue weighted by Gasteiger charge is 2.31. The lowest BCUT2D eigenvalue weighted by atomic mass is 9.96. The lowest BCUT2D eigenvalue weighted by Gasteiger charge is -2.39. The first kappa shape index (κ1) is 32.4. The molecule has 0 bridgehead atoms. The van der Waals surface area contributed by atoms with Crippen LogP contribution in [0.5, 0.6) is 0 Å². The van der Waals surface area contributed by atoms with Crippen LogP contribution in [0, 0.1) is 0 Å². The highest BCUT2D eigenvalue weighted by atomic mass is 15.4. The summed E-state index contributed by atoms with van der Waals surface area (Å²) in [6.07, 6.45) is -0.217. The van der Waals surface area contributed by atoms with Crippen LogP contribution in [0.3, 0.4) is 0 Å². The van der Waals surface area contributed by atoms with Crippen LogP contribution in [0.1, 0.15) is 29.0 Å². The van der Waals surface area contributed by atoms with Gasteiger partial charge in [0, 0.05) is 22.0 Å². The van der Waals surface area contributed by atoms with Crippen molar-refractivity contribution >= 4 is 60.0 Å². The second-order valence-electron chi connectivity index (χ2n) is 14.9. The number of aromatic nitrogens is 1. The smallest absolute Gasteiger partial charge is 0.132 e. The van der Waals surface area contributed by atoms with Gasteiger partial charge in [-0.25, -0.2) is 4.99 Å². The molecule has 0 fully saturated rings. The molecule has 1 aromatic heterocycles. The number of hydrogen-bond donors (Lipinski definition) is 1. The number of nitrogens with zero attached hydrogens (tertiary/aromatic N) is 3. The molecule has 9 aromatic carbocycles. The minimum atomic E-state index is -0.180. The zero-order chi connectivity index (χ0) is 37.2. The molecule has 10 aromatic rings. The minimum Gasteiger partial charge on any atom is -0.350 e. The van der Waals surface area contributed by atoms with Crippen LogP contribution in [0.15, 0.2) is 199 Å². The maximum absolute atomic E-state index is 5.33. The Morgan fingerprint density at radius 1 is 0.446 bits per heavy atom. The van der Waals surface area contributed by atoms with Gasteiger partial charge in [0.2, 0.25) is 0 Å². The average molecular weight is 719 g/mol. The molecule has 0 spiro atoms. The fraction of sp³-hybridized carbons (Fsp3) is 0.0577. The van der Waals surface area contributed by atoms with Crippen molar-refractivity contribution < 1.29 is 0 Å². The van der Waals surface area contributed by atoms with Crippen LogP contribution in [-0.2, 0) is 0 Å². The van der Waals surface area contributed by atoms with Crippen molar-refractivity contribution in [1.29, 1.82) is 0 Å². The van der Waals surface area contributed by atoms with Gasteiger partial charge >= 0.3 is 0 Å². The van der Waals surface area contributed by atoms with E-state index in [-0.39, 0.29) is 12.3 Å². The molecule has 56 heavy (non-hydrogen) atoms. The summed E-state index contributed by atoms with van der Waals surface area (Å²) in [7, 11) is 2.16. The predicted octanol–water partition coefficient (Wildman–Crippen LogP) is 12.6. The van der Waals surface area contributed by atoms with Crippen LogP contribution in [-0.4, -0.2) is 22.4 Å². The third kappa shape index (κ3) is 5.30. The van der Waals surface area contributed by atoms with Crippen molar-refractivity contribution in [3.05, 3.63) is 211 Å². The van der Waals surface area contributed by atoms with E-state index in [9.17, 15) is 0 Å². The van der Waals surface area contributed by atoms with Crippen molar-refractivity contribution in [2.75, 3.05) is 7.05 Å². The Hall–Kier alpha value is -7.01. The molecular weight excluding hydrogens is 681 g/mol. The highest BCUT2D eigenvalue weighted by molar-refractivity contribution is 6.22. The molecule has 4 nitrogen and oxygen atoms in total. The van der Waals surface area contributed by atoms with Gasteiger partial charge in [0.05, 0.1) is 11.0 Å². The number of nitrogens with one attached hydrogen (secondary N) is 1. The van der Waals surface area contributed by atoms with Crippen LogP contribution < -0.4 is 5.32 Å². The maximum atomic E-state index is 5.33. The number of benzene rings is 9. The summed E-state index contributed by atoms with van der Waals surface area (Å²) < 4.78 is 2.44. The average Bonchev–Trinajstić information content (AvgIpc) is 3.61. The summed E-state index contributed by atoms with van der Waals surface area (Å²) in [6.45, 7) is 0. The third-order valence-electron chi connectivity index (χ3n) is 11.6. The van der Waals surface area contributed by atoms with E-state index in [4.69, 9.17) is 4.99 Å². The van der Waals surface area contributed by atoms with Crippen LogP contribution >= 0.6 is 0 Å². The van der Waals surface area contributed by atoms with Gasteiger partial charge in [0.25, 0.3) is 0 Å². The Morgan fingerprint density at radius 3 is 1.93 bits per heavy atom. The molecule has 2 atom stereocenters. The van der Waals surface area contributed by atoms with Crippen molar-refractivity contribution in [3.8, 4) is 16.8 Å². The lowest BCUT2D eigenvalue weighted by Crippen LogP contribution is -2.45. The molecule has 2 unspecified atom stereocenters. The van der Waals surface area contributed by atoms with Gasteiger partial charge in [-0.2, -0.15) is 0 Å². The first-order chi connectivity index (χ1) is 27.7. The fourth-order valence-electron chi connectivity index (χ4n) is 8.89. The van der Waals surface area contributed by atoms with Gasteiger partial charge in [0.1, 0.15) is 18.2 Å². The molecule has 0 amide bonds. The molecule has 266 valence electrons. The molecule has 4 heteroatoms. The third-order valence-corrected chi connectivity index (χ3v) is 11.6. The number of fused-ring (bicyclic) bond motifs is 8. The predicted molar refractivity (Wildman–Crippen MR) is 235 cm³/mol. The van der Waals surface area contributed by atoms with Crippen LogP contribution in [0.4, 0.5) is 0 Å². The molecule has 1 aliphatic heterocycles. The molecule has 0 saturated carbocycles. The van der Waals surface area contributed by atoms with E-state index in [2.05, 4.69) is 216 Å². The SMILES string of the molecule is CN1C(c2cccc(-c3ccc4ccc5c(c4c3)c3ccccc3n5-c3ccc4ccc5ccccc5c4c3)c2)N=C(c2ccccc2)NC1c1ccccc1. The zero-order valence-electron chi connectivity index (χ0n) is 31.0. The summed E-state index contributed by atoms with van der Waals surface area (Å²) in [6, 6.07) is 70.4. The first-order valence-electron chi connectivity index (χ1n) is 19.3. The van der Waals surface area contributed by atoms with Gasteiger partial charge in [-0.15, -0.1) is 0 Å². The van der Waals surface area contributed by atoms with E-state index >= 15 is 0 Å². The van der Waals surface area contributed by atoms with Crippen molar-refractivity contribution in [3.63, 3.8) is 0 Å². The summed E-state index contributed by atoms with van der Waals surface area (Å²) in [5.74, 6) is 0.900. The Kier molecular flexibility index (Phi) is 7.58. The normalized spacial score (nSPS) is 16.1. The Morgan fingerprint density at radius 2 is 1.07 bits per heavy atom. The minimum absolute atomic E-state index is 0.0369. The summed E-state index contributed by atoms with van der Waals surface area (Å²) >= 11 is 0. The molecular formula is C52H38N4. The second-order valence-corrected chi connectivity index (χ2v) is 14.9. The molecule has 2 heterocycles. The molecule has 11 rings (SSSR count). The van der Waals surface area contributed by atoms with E-state index in [0.717, 1.165) is 17.0 Å². The van der Waals surface area contributed by atoms with Gasteiger partial charge in [-0.3, -0.25) is 4.90 Å². The Balaban J connectivity index is 1.05. The first-order valence-corrected chi connectivity index (χ1v) is 19.3. The summed E-state index contributed by atoms with van der Waals surface area (Å²) in [5.41, 5.74) is 9.37. The van der Waals surface area contributed by atoms with Crippen molar-refractivity contribution in [1.82, 2.24) is 14.8 Å². The highest BCUT2D eigenvalue weighted by Crippen LogP contribution is 2.40. The Labute approximate surface area is 325 Å². The number of para-hydroxylation sites is 1. The molecule has 1 N–H and O–H groups in total. The number of hydrogen-bond acceptors (Lipinski definition) is 3.